The zero-order chi connectivity index (χ0) is 53.0. The predicted octanol–water partition coefficient (Wildman–Crippen LogP) is 7.16. The molecule has 2 aromatic heterocycles. The van der Waals surface area contributed by atoms with Crippen LogP contribution in [0.1, 0.15) is 18.9 Å². The van der Waals surface area contributed by atoms with E-state index in [2.05, 4.69) is 66.5 Å². The van der Waals surface area contributed by atoms with Gasteiger partial charge in [-0.1, -0.05) is 53.9 Å². The lowest BCUT2D eigenvalue weighted by Crippen LogP contribution is -2.37. The Morgan fingerprint density at radius 2 is 1.08 bits per heavy atom. The molecule has 0 unspecified atom stereocenters. The van der Waals surface area contributed by atoms with Crippen LogP contribution in [0, 0.1) is 6.92 Å². The van der Waals surface area contributed by atoms with Crippen molar-refractivity contribution < 1.29 is 53.1 Å². The van der Waals surface area contributed by atoms with Gasteiger partial charge in [-0.3, -0.25) is 13.7 Å². The van der Waals surface area contributed by atoms with Crippen LogP contribution in [-0.4, -0.2) is 102 Å². The van der Waals surface area contributed by atoms with Crippen molar-refractivity contribution in [2.24, 2.45) is 9.98 Å². The quantitative estimate of drug-likeness (QED) is 0.0472. The standard InChI is InChI=1S/C44H38Cl2N14O12S3/c1-3-15-47-39-54-40(49-23-5-4-6-24(20-23)73(61,62)63)56-42(55-39)52-27-13-11-25-33(37(27)74(64,65)66)71-35-29(45)32-36(30(46)31(35)50-25)72-34-26(51-32)12-14-28(38(34)75(67,68)69)53-43-57-41(48-22-9-7-21(2)8-10-22)58-44(59-43)60-16-18-70-19-17-60/h4-14,20H,3,15-19H2,1-2H3,(H,61,62,63)(H,64,65,66)(H,67,68,69)(H2,48,53,57,58,59)(H3,47,49,52,54,55,56). The first-order valence-corrected chi connectivity index (χ1v) is 27.2. The molecule has 0 aliphatic carbocycles. The van der Waals surface area contributed by atoms with E-state index in [9.17, 15) is 38.9 Å². The van der Waals surface area contributed by atoms with Crippen molar-refractivity contribution in [1.82, 2.24) is 29.9 Å². The van der Waals surface area contributed by atoms with Crippen LogP contribution < -0.4 is 51.7 Å². The fraction of sp³-hybridized carbons (Fsp3) is 0.182. The lowest BCUT2D eigenvalue weighted by atomic mass is 10.2. The van der Waals surface area contributed by atoms with Crippen LogP contribution in [-0.2, 0) is 35.1 Å². The Bertz CT molecular complexity index is 3970. The number of nitrogens with one attached hydrogen (secondary N) is 5. The number of fused-ring (bicyclic) bond motifs is 4. The van der Waals surface area contributed by atoms with Crippen LogP contribution in [0.15, 0.2) is 97.5 Å². The maximum atomic E-state index is 13.3. The average Bonchev–Trinajstić information content (AvgIpc) is 3.37. The van der Waals surface area contributed by atoms with Crippen molar-refractivity contribution in [3.05, 3.63) is 99.1 Å². The second-order valence-electron chi connectivity index (χ2n) is 16.4. The topological polar surface area (TPSA) is 356 Å². The highest BCUT2D eigenvalue weighted by Gasteiger charge is 2.35. The fourth-order valence-corrected chi connectivity index (χ4v) is 10.3. The number of halogens is 2. The molecule has 31 heteroatoms. The van der Waals surface area contributed by atoms with Crippen LogP contribution in [0.25, 0.3) is 0 Å². The molecule has 8 N–H and O–H groups in total. The Hall–Kier alpha value is -7.61. The normalized spacial score (nSPS) is 13.8. The fourth-order valence-electron chi connectivity index (χ4n) is 7.70. The van der Waals surface area contributed by atoms with Gasteiger partial charge in [0.1, 0.15) is 32.1 Å². The highest BCUT2D eigenvalue weighted by Crippen LogP contribution is 2.49. The van der Waals surface area contributed by atoms with Crippen molar-refractivity contribution >= 4 is 123 Å². The largest absolute Gasteiger partial charge is 0.450 e. The zero-order valence-electron chi connectivity index (χ0n) is 38.7. The van der Waals surface area contributed by atoms with Gasteiger partial charge in [-0.05, 0) is 67.9 Å². The third kappa shape index (κ3) is 10.7. The minimum absolute atomic E-state index is 0.00538. The van der Waals surface area contributed by atoms with Gasteiger partial charge in [0.2, 0.25) is 35.7 Å². The van der Waals surface area contributed by atoms with E-state index in [1.54, 1.807) is 0 Å². The van der Waals surface area contributed by atoms with Crippen molar-refractivity contribution in [3.63, 3.8) is 0 Å². The number of aryl methyl sites for hydroxylation is 1. The molecule has 75 heavy (non-hydrogen) atoms. The second-order valence-corrected chi connectivity index (χ2v) is 21.3. The molecule has 0 radical (unpaired) electrons. The number of ether oxygens (including phenoxy) is 3. The summed E-state index contributed by atoms with van der Waals surface area (Å²) in [5.74, 6) is -1.84. The Morgan fingerprint density at radius 3 is 1.60 bits per heavy atom. The Labute approximate surface area is 435 Å². The molecule has 3 aliphatic heterocycles. The average molecular weight is 1120 g/mol. The van der Waals surface area contributed by atoms with Crippen LogP contribution in [0.4, 0.5) is 69.8 Å². The van der Waals surface area contributed by atoms with Crippen LogP contribution in [0.3, 0.4) is 0 Å². The van der Waals surface area contributed by atoms with Gasteiger partial charge < -0.3 is 45.7 Å². The lowest BCUT2D eigenvalue weighted by molar-refractivity contribution is 0.122. The number of anilines is 10. The number of aromatic nitrogens is 6. The molecule has 0 saturated carbocycles. The van der Waals surface area contributed by atoms with Gasteiger partial charge in [-0.2, -0.15) is 55.2 Å². The molecule has 1 fully saturated rings. The molecular weight excluding hydrogens is 1080 g/mol. The smallest absolute Gasteiger partial charge is 0.300 e. The molecule has 0 bridgehead atoms. The van der Waals surface area contributed by atoms with Gasteiger partial charge in [0.15, 0.2) is 32.8 Å². The molecule has 3 aliphatic rings. The van der Waals surface area contributed by atoms with Gasteiger partial charge in [-0.15, -0.1) is 0 Å². The lowest BCUT2D eigenvalue weighted by Gasteiger charge is -2.27. The summed E-state index contributed by atoms with van der Waals surface area (Å²) in [6.45, 7) is 5.95. The molecule has 1 saturated heterocycles. The van der Waals surface area contributed by atoms with E-state index >= 15 is 0 Å². The monoisotopic (exact) mass is 1120 g/mol. The molecule has 5 heterocycles. The molecular formula is C44H38Cl2N14O12S3. The molecule has 388 valence electrons. The Morgan fingerprint density at radius 1 is 0.587 bits per heavy atom. The van der Waals surface area contributed by atoms with Crippen molar-refractivity contribution in [2.75, 3.05) is 64.3 Å². The van der Waals surface area contributed by atoms with Crippen molar-refractivity contribution in [3.8, 4) is 23.0 Å². The number of hydrogen-bond donors (Lipinski definition) is 8. The van der Waals surface area contributed by atoms with Crippen LogP contribution in [0.5, 0.6) is 23.0 Å². The summed E-state index contributed by atoms with van der Waals surface area (Å²) in [4.78, 5) is 35.4. The third-order valence-electron chi connectivity index (χ3n) is 11.1. The molecule has 7 aromatic rings. The highest BCUT2D eigenvalue weighted by molar-refractivity contribution is 7.86. The van der Waals surface area contributed by atoms with E-state index in [0.717, 1.165) is 11.6 Å². The maximum absolute atomic E-state index is 13.3. The summed E-state index contributed by atoms with van der Waals surface area (Å²) in [5.41, 5.74) is 0.935. The van der Waals surface area contributed by atoms with Gasteiger partial charge in [0, 0.05) is 31.0 Å². The molecule has 5 aromatic carbocycles. The van der Waals surface area contributed by atoms with Gasteiger partial charge >= 0.3 is 0 Å². The summed E-state index contributed by atoms with van der Waals surface area (Å²) in [7, 11) is -15.0. The van der Waals surface area contributed by atoms with Gasteiger partial charge in [0.25, 0.3) is 30.4 Å². The molecule has 26 nitrogen and oxygen atoms in total. The minimum Gasteiger partial charge on any atom is -0.450 e. The summed E-state index contributed by atoms with van der Waals surface area (Å²) < 4.78 is 126. The summed E-state index contributed by atoms with van der Waals surface area (Å²) in [5, 5.41) is 13.5. The SMILES string of the molecule is CCCNc1nc(Nc2cccc(S(=O)(=O)O)c2)nc(Nc2ccc3c(c2S(=O)(=O)O)Oc2c(Cl)c4c(c(Cl)c2=N3)Oc2c(ccc(Nc3nc(Nc5ccc(C)cc5)nc(N5CCOCC5)n3)c2S(=O)(=O)O)N=4)n1. The molecule has 0 spiro atoms. The molecule has 0 atom stereocenters. The number of hydrogen-bond acceptors (Lipinski definition) is 23. The highest BCUT2D eigenvalue weighted by atomic mass is 35.5. The maximum Gasteiger partial charge on any atom is 0.300 e. The van der Waals surface area contributed by atoms with Crippen LogP contribution >= 0.6 is 23.2 Å². The van der Waals surface area contributed by atoms with Gasteiger partial charge in [0.05, 0.1) is 29.5 Å². The first kappa shape index (κ1) is 50.9. The molecule has 0 amide bonds. The first-order chi connectivity index (χ1) is 35.7. The van der Waals surface area contributed by atoms with Gasteiger partial charge in [-0.25, -0.2) is 9.98 Å². The predicted molar refractivity (Wildman–Crippen MR) is 273 cm³/mol. The van der Waals surface area contributed by atoms with Crippen molar-refractivity contribution in [1.29, 1.82) is 0 Å². The number of nitrogens with zero attached hydrogens (tertiary/aromatic N) is 9. The summed E-state index contributed by atoms with van der Waals surface area (Å²) in [6.07, 6.45) is 0.647. The third-order valence-corrected chi connectivity index (χ3v) is 14.5. The van der Waals surface area contributed by atoms with E-state index in [4.69, 9.17) is 37.4 Å². The number of morpholine rings is 1. The van der Waals surface area contributed by atoms with Crippen LogP contribution in [0.2, 0.25) is 10.0 Å². The summed E-state index contributed by atoms with van der Waals surface area (Å²) >= 11 is 13.9. The van der Waals surface area contributed by atoms with Crippen molar-refractivity contribution in [2.45, 2.75) is 35.0 Å². The van der Waals surface area contributed by atoms with E-state index in [1.807, 2.05) is 43.0 Å². The second kappa shape index (κ2) is 19.9. The Kier molecular flexibility index (Phi) is 13.5. The van der Waals surface area contributed by atoms with E-state index in [1.165, 1.54) is 42.5 Å². The minimum atomic E-state index is -5.22. The van der Waals surface area contributed by atoms with E-state index in [-0.39, 0.29) is 96.4 Å². The Balaban J connectivity index is 1.01. The van der Waals surface area contributed by atoms with E-state index < -0.39 is 56.5 Å². The molecule has 10 rings (SSSR count). The first-order valence-electron chi connectivity index (χ1n) is 22.1. The number of benzene rings is 5. The number of rotatable bonds is 15. The zero-order valence-corrected chi connectivity index (χ0v) is 42.7. The summed E-state index contributed by atoms with van der Waals surface area (Å²) in [6, 6.07) is 17.7. The van der Waals surface area contributed by atoms with E-state index in [0.29, 0.717) is 45.0 Å².